The van der Waals surface area contributed by atoms with Gasteiger partial charge in [-0.15, -0.1) is 0 Å². The van der Waals surface area contributed by atoms with Crippen LogP contribution in [0.4, 0.5) is 11.4 Å². The third-order valence-corrected chi connectivity index (χ3v) is 2.08. The molecular weight excluding hydrogens is 242 g/mol. The number of benzene rings is 1. The van der Waals surface area contributed by atoms with Crippen molar-refractivity contribution in [3.05, 3.63) is 34.4 Å². The second kappa shape index (κ2) is 5.73. The number of nitrogens with two attached hydrogens (primary N) is 1. The van der Waals surface area contributed by atoms with Crippen molar-refractivity contribution in [2.75, 3.05) is 5.32 Å². The van der Waals surface area contributed by atoms with Crippen molar-refractivity contribution in [3.8, 4) is 0 Å². The highest BCUT2D eigenvalue weighted by molar-refractivity contribution is 5.94. The number of nitro groups is 1. The molecule has 0 fully saturated rings. The van der Waals surface area contributed by atoms with Crippen LogP contribution in [0.1, 0.15) is 6.42 Å². The molecule has 96 valence electrons. The number of anilines is 1. The molecule has 1 amide bonds. The summed E-state index contributed by atoms with van der Waals surface area (Å²) in [6.07, 6.45) is -0.369. The molecule has 8 heteroatoms. The lowest BCUT2D eigenvalue weighted by Gasteiger charge is -2.07. The van der Waals surface area contributed by atoms with E-state index >= 15 is 0 Å². The van der Waals surface area contributed by atoms with Crippen LogP contribution in [-0.2, 0) is 9.59 Å². The predicted molar refractivity (Wildman–Crippen MR) is 62.0 cm³/mol. The first-order valence-electron chi connectivity index (χ1n) is 4.93. The Balaban J connectivity index is 2.60. The average molecular weight is 253 g/mol. The minimum atomic E-state index is -1.27. The number of hydrogen-bond donors (Lipinski definition) is 3. The third-order valence-electron chi connectivity index (χ3n) is 2.08. The molecular formula is C10H11N3O5. The molecule has 4 N–H and O–H groups in total. The Kier molecular flexibility index (Phi) is 4.33. The number of carboxylic acids is 1. The van der Waals surface area contributed by atoms with Gasteiger partial charge in [-0.05, 0) is 12.1 Å². The molecule has 0 aliphatic heterocycles. The van der Waals surface area contributed by atoms with E-state index in [1.807, 2.05) is 0 Å². The smallest absolute Gasteiger partial charge is 0.321 e. The van der Waals surface area contributed by atoms with Gasteiger partial charge in [-0.25, -0.2) is 0 Å². The van der Waals surface area contributed by atoms with Gasteiger partial charge in [0, 0.05) is 17.8 Å². The molecule has 8 nitrogen and oxygen atoms in total. The summed E-state index contributed by atoms with van der Waals surface area (Å²) in [7, 11) is 0. The Morgan fingerprint density at radius 3 is 2.39 bits per heavy atom. The number of carbonyl (C=O) groups is 2. The molecule has 1 aromatic carbocycles. The summed E-state index contributed by atoms with van der Waals surface area (Å²) in [5.41, 5.74) is 5.42. The highest BCUT2D eigenvalue weighted by atomic mass is 16.6. The third kappa shape index (κ3) is 3.83. The van der Waals surface area contributed by atoms with Crippen LogP contribution in [0.3, 0.4) is 0 Å². The van der Waals surface area contributed by atoms with E-state index in [2.05, 4.69) is 5.32 Å². The van der Waals surface area contributed by atoms with Crippen LogP contribution in [0.5, 0.6) is 0 Å². The minimum absolute atomic E-state index is 0.102. The van der Waals surface area contributed by atoms with Gasteiger partial charge in [0.15, 0.2) is 0 Å². The van der Waals surface area contributed by atoms with Crippen molar-refractivity contribution in [2.45, 2.75) is 12.5 Å². The second-order valence-corrected chi connectivity index (χ2v) is 3.50. The quantitative estimate of drug-likeness (QED) is 0.511. The Bertz CT molecular complexity index is 471. The molecule has 0 saturated heterocycles. The molecule has 0 radical (unpaired) electrons. The molecule has 0 spiro atoms. The zero-order chi connectivity index (χ0) is 13.7. The van der Waals surface area contributed by atoms with Crippen molar-refractivity contribution in [1.29, 1.82) is 0 Å². The van der Waals surface area contributed by atoms with E-state index in [4.69, 9.17) is 10.8 Å². The van der Waals surface area contributed by atoms with Crippen LogP contribution in [-0.4, -0.2) is 27.9 Å². The molecule has 0 heterocycles. The molecule has 1 aromatic rings. The number of nitrogens with one attached hydrogen (secondary N) is 1. The number of nitro benzene ring substituents is 1. The molecule has 0 saturated carbocycles. The van der Waals surface area contributed by atoms with Crippen LogP contribution in [0, 0.1) is 10.1 Å². The minimum Gasteiger partial charge on any atom is -0.480 e. The van der Waals surface area contributed by atoms with Crippen LogP contribution in [0.15, 0.2) is 24.3 Å². The van der Waals surface area contributed by atoms with E-state index in [-0.39, 0.29) is 12.1 Å². The normalized spacial score (nSPS) is 11.6. The van der Waals surface area contributed by atoms with Gasteiger partial charge in [0.05, 0.1) is 11.3 Å². The Labute approximate surface area is 102 Å². The van der Waals surface area contributed by atoms with E-state index in [0.29, 0.717) is 5.69 Å². The summed E-state index contributed by atoms with van der Waals surface area (Å²) < 4.78 is 0. The lowest BCUT2D eigenvalue weighted by atomic mass is 10.2. The van der Waals surface area contributed by atoms with Gasteiger partial charge in [0.25, 0.3) is 5.69 Å². The molecule has 1 rings (SSSR count). The fourth-order valence-electron chi connectivity index (χ4n) is 1.17. The molecule has 1 atom stereocenters. The first kappa shape index (κ1) is 13.6. The fourth-order valence-corrected chi connectivity index (χ4v) is 1.17. The lowest BCUT2D eigenvalue weighted by molar-refractivity contribution is -0.384. The van der Waals surface area contributed by atoms with Gasteiger partial charge >= 0.3 is 5.97 Å². The van der Waals surface area contributed by atoms with Crippen molar-refractivity contribution < 1.29 is 19.6 Å². The van der Waals surface area contributed by atoms with E-state index in [1.54, 1.807) is 0 Å². The summed E-state index contributed by atoms with van der Waals surface area (Å²) in [5, 5.41) is 21.3. The number of aliphatic carboxylic acids is 1. The van der Waals surface area contributed by atoms with Crippen LogP contribution in [0.2, 0.25) is 0 Å². The second-order valence-electron chi connectivity index (χ2n) is 3.50. The number of amides is 1. The first-order valence-corrected chi connectivity index (χ1v) is 4.93. The topological polar surface area (TPSA) is 136 Å². The van der Waals surface area contributed by atoms with Crippen molar-refractivity contribution in [2.24, 2.45) is 5.73 Å². The van der Waals surface area contributed by atoms with Gasteiger partial charge in [-0.1, -0.05) is 0 Å². The predicted octanol–water partition coefficient (Wildman–Crippen LogP) is 0.335. The van der Waals surface area contributed by atoms with Gasteiger partial charge < -0.3 is 16.2 Å². The lowest BCUT2D eigenvalue weighted by Crippen LogP contribution is -2.34. The number of hydrogen-bond acceptors (Lipinski definition) is 5. The van der Waals surface area contributed by atoms with Crippen molar-refractivity contribution >= 4 is 23.3 Å². The number of non-ortho nitro benzene ring substituents is 1. The highest BCUT2D eigenvalue weighted by Crippen LogP contribution is 2.15. The van der Waals surface area contributed by atoms with Crippen LogP contribution >= 0.6 is 0 Å². The van der Waals surface area contributed by atoms with E-state index in [1.165, 1.54) is 24.3 Å². The number of carbonyl (C=O) groups excluding carboxylic acids is 1. The molecule has 18 heavy (non-hydrogen) atoms. The largest absolute Gasteiger partial charge is 0.480 e. The molecule has 0 bridgehead atoms. The van der Waals surface area contributed by atoms with Gasteiger partial charge in [0.1, 0.15) is 6.04 Å². The zero-order valence-electron chi connectivity index (χ0n) is 9.20. The molecule has 0 aromatic heterocycles. The summed E-state index contributed by atoms with van der Waals surface area (Å²) in [6.45, 7) is 0. The Morgan fingerprint density at radius 1 is 1.39 bits per heavy atom. The zero-order valence-corrected chi connectivity index (χ0v) is 9.20. The fraction of sp³-hybridized carbons (Fsp3) is 0.200. The number of nitrogens with zero attached hydrogens (tertiary/aromatic N) is 1. The number of rotatable bonds is 5. The molecule has 0 aliphatic rings. The Hall–Kier alpha value is -2.48. The Morgan fingerprint density at radius 2 is 1.94 bits per heavy atom. The maximum atomic E-state index is 11.4. The maximum Gasteiger partial charge on any atom is 0.321 e. The van der Waals surface area contributed by atoms with Gasteiger partial charge in [0.2, 0.25) is 5.91 Å². The first-order chi connectivity index (χ1) is 8.40. The van der Waals surface area contributed by atoms with Crippen LogP contribution in [0.25, 0.3) is 0 Å². The van der Waals surface area contributed by atoms with Gasteiger partial charge in [-0.3, -0.25) is 19.7 Å². The highest BCUT2D eigenvalue weighted by Gasteiger charge is 2.16. The summed E-state index contributed by atoms with van der Waals surface area (Å²) >= 11 is 0. The van der Waals surface area contributed by atoms with E-state index < -0.39 is 22.8 Å². The summed E-state index contributed by atoms with van der Waals surface area (Å²) in [5.74, 6) is -1.84. The molecule has 0 aliphatic carbocycles. The monoisotopic (exact) mass is 253 g/mol. The maximum absolute atomic E-state index is 11.4. The molecule has 1 unspecified atom stereocenters. The van der Waals surface area contributed by atoms with Crippen molar-refractivity contribution in [3.63, 3.8) is 0 Å². The summed E-state index contributed by atoms with van der Waals surface area (Å²) in [6, 6.07) is 3.88. The van der Waals surface area contributed by atoms with E-state index in [0.717, 1.165) is 0 Å². The van der Waals surface area contributed by atoms with Crippen LogP contribution < -0.4 is 11.1 Å². The average Bonchev–Trinajstić information content (AvgIpc) is 2.29. The van der Waals surface area contributed by atoms with Gasteiger partial charge in [-0.2, -0.15) is 0 Å². The van der Waals surface area contributed by atoms with E-state index in [9.17, 15) is 19.7 Å². The van der Waals surface area contributed by atoms with Crippen molar-refractivity contribution in [1.82, 2.24) is 0 Å². The SMILES string of the molecule is NC(CC(=O)Nc1ccc([N+](=O)[O-])cc1)C(=O)O. The summed E-state index contributed by atoms with van der Waals surface area (Å²) in [4.78, 5) is 31.6. The number of carboxylic acid groups (broad SMARTS) is 1. The standard InChI is InChI=1S/C10H11N3O5/c11-8(10(15)16)5-9(14)12-6-1-3-7(4-2-6)13(17)18/h1-4,8H,5,11H2,(H,12,14)(H,15,16).